The van der Waals surface area contributed by atoms with Gasteiger partial charge in [-0.2, -0.15) is 0 Å². The Labute approximate surface area is 128 Å². The van der Waals surface area contributed by atoms with Crippen molar-refractivity contribution in [2.75, 3.05) is 6.54 Å². The van der Waals surface area contributed by atoms with Crippen molar-refractivity contribution in [2.24, 2.45) is 0 Å². The maximum absolute atomic E-state index is 5.83. The van der Waals surface area contributed by atoms with E-state index in [1.807, 2.05) is 31.2 Å². The minimum absolute atomic E-state index is 0.156. The van der Waals surface area contributed by atoms with Gasteiger partial charge in [0.2, 0.25) is 0 Å². The summed E-state index contributed by atoms with van der Waals surface area (Å²) in [5.41, 5.74) is 2.83. The molecule has 0 amide bonds. The van der Waals surface area contributed by atoms with Crippen molar-refractivity contribution in [3.63, 3.8) is 0 Å². The average Bonchev–Trinajstić information content (AvgIpc) is 3.08. The van der Waals surface area contributed by atoms with Crippen LogP contribution in [-0.2, 0) is 6.42 Å². The van der Waals surface area contributed by atoms with Crippen LogP contribution in [0.3, 0.4) is 0 Å². The molecule has 3 rings (SSSR count). The topological polar surface area (TPSA) is 51.0 Å². The maximum atomic E-state index is 5.83. The summed E-state index contributed by atoms with van der Waals surface area (Å²) in [4.78, 5) is 9.16. The smallest absolute Gasteiger partial charge is 0.197 e. The summed E-state index contributed by atoms with van der Waals surface area (Å²) in [6.45, 7) is 5.15. The number of nitrogens with zero attached hydrogens (tertiary/aromatic N) is 2. The SMILES string of the molecule is CCCNC(Cc1nc2ccccc2o1)c1csc(C)n1. The van der Waals surface area contributed by atoms with Gasteiger partial charge in [-0.05, 0) is 32.0 Å². The number of aromatic nitrogens is 2. The molecular formula is C16H19N3OS. The van der Waals surface area contributed by atoms with E-state index in [-0.39, 0.29) is 6.04 Å². The lowest BCUT2D eigenvalue weighted by Gasteiger charge is -2.14. The van der Waals surface area contributed by atoms with Crippen LogP contribution in [0.4, 0.5) is 0 Å². The van der Waals surface area contributed by atoms with Crippen LogP contribution < -0.4 is 5.32 Å². The zero-order valence-corrected chi connectivity index (χ0v) is 13.1. The van der Waals surface area contributed by atoms with Gasteiger partial charge in [-0.25, -0.2) is 9.97 Å². The molecule has 110 valence electrons. The maximum Gasteiger partial charge on any atom is 0.197 e. The molecule has 0 bridgehead atoms. The normalized spacial score (nSPS) is 12.9. The molecule has 1 atom stereocenters. The predicted octanol–water partition coefficient (Wildman–Crippen LogP) is 3.88. The zero-order valence-electron chi connectivity index (χ0n) is 12.3. The van der Waals surface area contributed by atoms with Gasteiger partial charge in [0, 0.05) is 11.8 Å². The van der Waals surface area contributed by atoms with Crippen molar-refractivity contribution in [1.29, 1.82) is 0 Å². The Kier molecular flexibility index (Phi) is 4.31. The fraction of sp³-hybridized carbons (Fsp3) is 0.375. The molecule has 1 N–H and O–H groups in total. The third-order valence-corrected chi connectivity index (χ3v) is 4.14. The highest BCUT2D eigenvalue weighted by molar-refractivity contribution is 7.09. The van der Waals surface area contributed by atoms with Gasteiger partial charge >= 0.3 is 0 Å². The predicted molar refractivity (Wildman–Crippen MR) is 85.6 cm³/mol. The first-order chi connectivity index (χ1) is 10.3. The molecule has 21 heavy (non-hydrogen) atoms. The Morgan fingerprint density at radius 1 is 1.29 bits per heavy atom. The van der Waals surface area contributed by atoms with Crippen molar-refractivity contribution >= 4 is 22.4 Å². The fourth-order valence-corrected chi connectivity index (χ4v) is 2.99. The molecule has 0 aliphatic heterocycles. The monoisotopic (exact) mass is 301 g/mol. The van der Waals surface area contributed by atoms with Crippen LogP contribution in [-0.4, -0.2) is 16.5 Å². The van der Waals surface area contributed by atoms with Gasteiger partial charge in [0.15, 0.2) is 11.5 Å². The number of rotatable bonds is 6. The van der Waals surface area contributed by atoms with Gasteiger partial charge in [-0.15, -0.1) is 11.3 Å². The number of thiazole rings is 1. The van der Waals surface area contributed by atoms with Gasteiger partial charge in [-0.1, -0.05) is 19.1 Å². The summed E-state index contributed by atoms with van der Waals surface area (Å²) < 4.78 is 5.83. The highest BCUT2D eigenvalue weighted by atomic mass is 32.1. The van der Waals surface area contributed by atoms with E-state index in [0.29, 0.717) is 0 Å². The van der Waals surface area contributed by atoms with E-state index in [9.17, 15) is 0 Å². The Hall–Kier alpha value is -1.72. The second-order valence-electron chi connectivity index (χ2n) is 5.08. The Bertz CT molecular complexity index is 686. The van der Waals surface area contributed by atoms with Crippen LogP contribution in [0.15, 0.2) is 34.1 Å². The molecule has 1 unspecified atom stereocenters. The lowest BCUT2D eigenvalue weighted by atomic mass is 10.1. The molecule has 2 heterocycles. The van der Waals surface area contributed by atoms with E-state index in [1.165, 1.54) is 0 Å². The largest absolute Gasteiger partial charge is 0.441 e. The average molecular weight is 301 g/mol. The molecule has 0 spiro atoms. The van der Waals surface area contributed by atoms with E-state index in [1.54, 1.807) is 11.3 Å². The van der Waals surface area contributed by atoms with Crippen molar-refractivity contribution in [3.8, 4) is 0 Å². The second-order valence-corrected chi connectivity index (χ2v) is 6.14. The number of benzene rings is 1. The van der Waals surface area contributed by atoms with Gasteiger partial charge < -0.3 is 9.73 Å². The van der Waals surface area contributed by atoms with E-state index in [2.05, 4.69) is 27.6 Å². The molecule has 2 aromatic heterocycles. The van der Waals surface area contributed by atoms with E-state index < -0.39 is 0 Å². The quantitative estimate of drug-likeness (QED) is 0.751. The number of hydrogen-bond donors (Lipinski definition) is 1. The Balaban J connectivity index is 1.83. The number of nitrogens with one attached hydrogen (secondary N) is 1. The van der Waals surface area contributed by atoms with Crippen LogP contribution >= 0.6 is 11.3 Å². The molecule has 0 saturated heterocycles. The summed E-state index contributed by atoms with van der Waals surface area (Å²) in [7, 11) is 0. The lowest BCUT2D eigenvalue weighted by molar-refractivity contribution is 0.448. The van der Waals surface area contributed by atoms with Crippen molar-refractivity contribution in [1.82, 2.24) is 15.3 Å². The number of hydrogen-bond acceptors (Lipinski definition) is 5. The van der Waals surface area contributed by atoms with Crippen LogP contribution in [0.1, 0.15) is 36.0 Å². The van der Waals surface area contributed by atoms with Crippen LogP contribution in [0.25, 0.3) is 11.1 Å². The molecule has 5 heteroatoms. The minimum Gasteiger partial charge on any atom is -0.441 e. The van der Waals surface area contributed by atoms with Crippen LogP contribution in [0.2, 0.25) is 0 Å². The Morgan fingerprint density at radius 3 is 2.86 bits per heavy atom. The summed E-state index contributed by atoms with van der Waals surface area (Å²) in [6, 6.07) is 8.03. The number of aryl methyl sites for hydroxylation is 1. The highest BCUT2D eigenvalue weighted by Crippen LogP contribution is 2.22. The first-order valence-corrected chi connectivity index (χ1v) is 8.14. The minimum atomic E-state index is 0.156. The number of oxazole rings is 1. The first kappa shape index (κ1) is 14.2. The van der Waals surface area contributed by atoms with Gasteiger partial charge in [0.05, 0.1) is 16.7 Å². The van der Waals surface area contributed by atoms with Crippen molar-refractivity contribution in [3.05, 3.63) is 46.2 Å². The summed E-state index contributed by atoms with van der Waals surface area (Å²) in [5.74, 6) is 0.760. The van der Waals surface area contributed by atoms with Gasteiger partial charge in [0.25, 0.3) is 0 Å². The number of fused-ring (bicyclic) bond motifs is 1. The third kappa shape index (κ3) is 3.31. The van der Waals surface area contributed by atoms with Crippen LogP contribution in [0.5, 0.6) is 0 Å². The third-order valence-electron chi connectivity index (χ3n) is 3.35. The molecule has 0 saturated carbocycles. The van der Waals surface area contributed by atoms with E-state index in [4.69, 9.17) is 4.42 Å². The van der Waals surface area contributed by atoms with Crippen molar-refractivity contribution in [2.45, 2.75) is 32.7 Å². The molecule has 4 nitrogen and oxygen atoms in total. The zero-order chi connectivity index (χ0) is 14.7. The first-order valence-electron chi connectivity index (χ1n) is 7.26. The molecule has 3 aromatic rings. The standard InChI is InChI=1S/C16H19N3OS/c1-3-8-17-13(14-10-21-11(2)18-14)9-16-19-12-6-4-5-7-15(12)20-16/h4-7,10,13,17H,3,8-9H2,1-2H3. The second kappa shape index (κ2) is 6.37. The van der Waals surface area contributed by atoms with Crippen molar-refractivity contribution < 1.29 is 4.42 Å². The fourth-order valence-electron chi connectivity index (χ4n) is 2.32. The lowest BCUT2D eigenvalue weighted by Crippen LogP contribution is -2.24. The molecule has 0 radical (unpaired) electrons. The highest BCUT2D eigenvalue weighted by Gasteiger charge is 2.17. The molecular weight excluding hydrogens is 282 g/mol. The summed E-state index contributed by atoms with van der Waals surface area (Å²) >= 11 is 1.68. The van der Waals surface area contributed by atoms with Gasteiger partial charge in [0.1, 0.15) is 5.52 Å². The molecule has 0 aliphatic rings. The number of para-hydroxylation sites is 2. The van der Waals surface area contributed by atoms with E-state index in [0.717, 1.165) is 47.1 Å². The van der Waals surface area contributed by atoms with E-state index >= 15 is 0 Å². The van der Waals surface area contributed by atoms with Gasteiger partial charge in [-0.3, -0.25) is 0 Å². The molecule has 0 fully saturated rings. The summed E-state index contributed by atoms with van der Waals surface area (Å²) in [6.07, 6.45) is 1.81. The molecule has 1 aromatic carbocycles. The summed E-state index contributed by atoms with van der Waals surface area (Å²) in [5, 5.41) is 6.74. The Morgan fingerprint density at radius 2 is 2.14 bits per heavy atom. The molecule has 0 aliphatic carbocycles. The van der Waals surface area contributed by atoms with Crippen LogP contribution in [0, 0.1) is 6.92 Å².